The SMILES string of the molecule is O=C(CCN1C(=O)CCC1=O)N1CC(O)C(O)C1. The van der Waals surface area contributed by atoms with Gasteiger partial charge in [0.05, 0.1) is 12.2 Å². The number of likely N-dealkylation sites (tertiary alicyclic amines) is 2. The fourth-order valence-electron chi connectivity index (χ4n) is 2.21. The summed E-state index contributed by atoms with van der Waals surface area (Å²) in [4.78, 5) is 36.9. The lowest BCUT2D eigenvalue weighted by Gasteiger charge is -2.18. The monoisotopic (exact) mass is 256 g/mol. The summed E-state index contributed by atoms with van der Waals surface area (Å²) in [5.74, 6) is -0.748. The van der Waals surface area contributed by atoms with Gasteiger partial charge in [0, 0.05) is 38.9 Å². The second kappa shape index (κ2) is 5.03. The second-order valence-corrected chi connectivity index (χ2v) is 4.62. The molecule has 0 bridgehead atoms. The molecule has 100 valence electrons. The third kappa shape index (κ3) is 2.51. The van der Waals surface area contributed by atoms with Crippen LogP contribution in [0.25, 0.3) is 0 Å². The maximum absolute atomic E-state index is 11.8. The molecular weight excluding hydrogens is 240 g/mol. The van der Waals surface area contributed by atoms with Crippen molar-refractivity contribution in [3.8, 4) is 0 Å². The first-order chi connectivity index (χ1) is 8.49. The molecular formula is C11H16N2O5. The molecule has 2 aliphatic heterocycles. The largest absolute Gasteiger partial charge is 0.388 e. The topological polar surface area (TPSA) is 98.2 Å². The van der Waals surface area contributed by atoms with Crippen molar-refractivity contribution in [1.82, 2.24) is 9.80 Å². The summed E-state index contributed by atoms with van der Waals surface area (Å²) >= 11 is 0. The number of hydrogen-bond acceptors (Lipinski definition) is 5. The van der Waals surface area contributed by atoms with Crippen molar-refractivity contribution in [2.75, 3.05) is 19.6 Å². The van der Waals surface area contributed by atoms with Gasteiger partial charge in [0.15, 0.2) is 0 Å². The van der Waals surface area contributed by atoms with Crippen molar-refractivity contribution in [2.24, 2.45) is 0 Å². The van der Waals surface area contributed by atoms with E-state index >= 15 is 0 Å². The highest BCUT2D eigenvalue weighted by Gasteiger charge is 2.34. The number of imide groups is 1. The number of nitrogens with zero attached hydrogens (tertiary/aromatic N) is 2. The number of hydrogen-bond donors (Lipinski definition) is 2. The van der Waals surface area contributed by atoms with Gasteiger partial charge in [-0.05, 0) is 0 Å². The molecule has 2 heterocycles. The van der Waals surface area contributed by atoms with E-state index in [0.717, 1.165) is 4.90 Å². The zero-order chi connectivity index (χ0) is 13.3. The van der Waals surface area contributed by atoms with E-state index in [1.807, 2.05) is 0 Å². The number of aliphatic hydroxyl groups excluding tert-OH is 2. The van der Waals surface area contributed by atoms with Crippen LogP contribution in [0.3, 0.4) is 0 Å². The molecule has 2 unspecified atom stereocenters. The third-order valence-corrected chi connectivity index (χ3v) is 3.32. The molecule has 7 heteroatoms. The second-order valence-electron chi connectivity index (χ2n) is 4.62. The Morgan fingerprint density at radius 3 is 2.11 bits per heavy atom. The molecule has 0 spiro atoms. The first-order valence-corrected chi connectivity index (χ1v) is 5.96. The molecule has 2 rings (SSSR count). The lowest BCUT2D eigenvalue weighted by Crippen LogP contribution is -2.36. The molecule has 2 atom stereocenters. The van der Waals surface area contributed by atoms with E-state index in [2.05, 4.69) is 0 Å². The van der Waals surface area contributed by atoms with Crippen LogP contribution in [0.5, 0.6) is 0 Å². The smallest absolute Gasteiger partial charge is 0.229 e. The Hall–Kier alpha value is -1.47. The molecule has 0 radical (unpaired) electrons. The first-order valence-electron chi connectivity index (χ1n) is 5.96. The third-order valence-electron chi connectivity index (χ3n) is 3.32. The maximum Gasteiger partial charge on any atom is 0.229 e. The van der Waals surface area contributed by atoms with E-state index in [0.29, 0.717) is 0 Å². The Balaban J connectivity index is 1.82. The fraction of sp³-hybridized carbons (Fsp3) is 0.727. The van der Waals surface area contributed by atoms with Crippen molar-refractivity contribution in [3.63, 3.8) is 0 Å². The molecule has 3 amide bonds. The molecule has 0 aromatic heterocycles. The minimum absolute atomic E-state index is 0.0386. The number of rotatable bonds is 3. The van der Waals surface area contributed by atoms with Crippen LogP contribution >= 0.6 is 0 Å². The molecule has 0 aromatic carbocycles. The molecule has 2 saturated heterocycles. The summed E-state index contributed by atoms with van der Waals surface area (Å²) in [5.41, 5.74) is 0. The van der Waals surface area contributed by atoms with E-state index in [1.165, 1.54) is 4.90 Å². The maximum atomic E-state index is 11.8. The summed E-state index contributed by atoms with van der Waals surface area (Å²) in [6.45, 7) is 0.281. The van der Waals surface area contributed by atoms with Crippen molar-refractivity contribution in [3.05, 3.63) is 0 Å². The number of aliphatic hydroxyl groups is 2. The van der Waals surface area contributed by atoms with Crippen LogP contribution in [0.2, 0.25) is 0 Å². The van der Waals surface area contributed by atoms with Crippen molar-refractivity contribution in [2.45, 2.75) is 31.5 Å². The predicted molar refractivity (Wildman–Crippen MR) is 59.2 cm³/mol. The number of carbonyl (C=O) groups is 3. The van der Waals surface area contributed by atoms with Crippen LogP contribution in [0.15, 0.2) is 0 Å². The van der Waals surface area contributed by atoms with Gasteiger partial charge in [-0.15, -0.1) is 0 Å². The van der Waals surface area contributed by atoms with Gasteiger partial charge in [0.25, 0.3) is 0 Å². The molecule has 7 nitrogen and oxygen atoms in total. The van der Waals surface area contributed by atoms with E-state index < -0.39 is 12.2 Å². The summed E-state index contributed by atoms with van der Waals surface area (Å²) in [6.07, 6.45) is -1.35. The normalized spacial score (nSPS) is 28.3. The van der Waals surface area contributed by atoms with Gasteiger partial charge in [0.2, 0.25) is 17.7 Å². The van der Waals surface area contributed by atoms with Gasteiger partial charge < -0.3 is 15.1 Å². The van der Waals surface area contributed by atoms with Crippen LogP contribution in [-0.4, -0.2) is 69.6 Å². The highest BCUT2D eigenvalue weighted by atomic mass is 16.3. The Bertz CT molecular complexity index is 358. The average Bonchev–Trinajstić information content (AvgIpc) is 2.82. The van der Waals surface area contributed by atoms with Gasteiger partial charge in [-0.3, -0.25) is 19.3 Å². The minimum atomic E-state index is -0.913. The van der Waals surface area contributed by atoms with Crippen molar-refractivity contribution < 1.29 is 24.6 Å². The van der Waals surface area contributed by atoms with E-state index in [-0.39, 0.29) is 56.6 Å². The van der Waals surface area contributed by atoms with Gasteiger partial charge in [-0.25, -0.2) is 0 Å². The molecule has 18 heavy (non-hydrogen) atoms. The van der Waals surface area contributed by atoms with Crippen LogP contribution in [0.1, 0.15) is 19.3 Å². The fourth-order valence-corrected chi connectivity index (χ4v) is 2.21. The van der Waals surface area contributed by atoms with Crippen LogP contribution in [-0.2, 0) is 14.4 Å². The molecule has 2 N–H and O–H groups in total. The zero-order valence-electron chi connectivity index (χ0n) is 9.91. The van der Waals surface area contributed by atoms with E-state index in [1.54, 1.807) is 0 Å². The lowest BCUT2D eigenvalue weighted by molar-refractivity contribution is -0.139. The first kappa shape index (κ1) is 13.0. The Morgan fingerprint density at radius 2 is 1.61 bits per heavy atom. The molecule has 0 aromatic rings. The Kier molecular flexibility index (Phi) is 3.63. The standard InChI is InChI=1S/C11H16N2O5/c14-7-5-12(6-8(7)15)9(16)3-4-13-10(17)1-2-11(13)18/h7-8,14-15H,1-6H2. The van der Waals surface area contributed by atoms with Crippen LogP contribution < -0.4 is 0 Å². The lowest BCUT2D eigenvalue weighted by atomic mass is 10.3. The predicted octanol–water partition coefficient (Wildman–Crippen LogP) is -1.91. The van der Waals surface area contributed by atoms with Gasteiger partial charge >= 0.3 is 0 Å². The minimum Gasteiger partial charge on any atom is -0.388 e. The van der Waals surface area contributed by atoms with Crippen molar-refractivity contribution >= 4 is 17.7 Å². The number of amides is 3. The zero-order valence-corrected chi connectivity index (χ0v) is 9.91. The highest BCUT2D eigenvalue weighted by molar-refractivity contribution is 6.02. The van der Waals surface area contributed by atoms with Gasteiger partial charge in [-0.2, -0.15) is 0 Å². The van der Waals surface area contributed by atoms with Gasteiger partial charge in [0.1, 0.15) is 0 Å². The molecule has 0 saturated carbocycles. The summed E-state index contributed by atoms with van der Waals surface area (Å²) in [6, 6.07) is 0. The summed E-state index contributed by atoms with van der Waals surface area (Å²) in [7, 11) is 0. The van der Waals surface area contributed by atoms with E-state index in [9.17, 15) is 24.6 Å². The summed E-state index contributed by atoms with van der Waals surface area (Å²) < 4.78 is 0. The van der Waals surface area contributed by atoms with E-state index in [4.69, 9.17) is 0 Å². The number of carbonyl (C=O) groups excluding carboxylic acids is 3. The van der Waals surface area contributed by atoms with Crippen molar-refractivity contribution in [1.29, 1.82) is 0 Å². The average molecular weight is 256 g/mol. The van der Waals surface area contributed by atoms with Crippen LogP contribution in [0.4, 0.5) is 0 Å². The molecule has 2 fully saturated rings. The Labute approximate surface area is 104 Å². The molecule has 2 aliphatic rings. The highest BCUT2D eigenvalue weighted by Crippen LogP contribution is 2.14. The quantitative estimate of drug-likeness (QED) is 0.574. The van der Waals surface area contributed by atoms with Crippen LogP contribution in [0, 0.1) is 0 Å². The number of β-amino-alcohol motifs (C(OH)–C–C–N with tert-alkyl or cyclic N) is 2. The Morgan fingerprint density at radius 1 is 1.11 bits per heavy atom. The van der Waals surface area contributed by atoms with Gasteiger partial charge in [-0.1, -0.05) is 0 Å². The molecule has 0 aliphatic carbocycles. The summed E-state index contributed by atoms with van der Waals surface area (Å²) in [5, 5.41) is 18.6.